The molecule has 2 aliphatic heterocycles. The van der Waals surface area contributed by atoms with Crippen LogP contribution in [0.5, 0.6) is 0 Å². The summed E-state index contributed by atoms with van der Waals surface area (Å²) < 4.78 is 0. The van der Waals surface area contributed by atoms with E-state index in [4.69, 9.17) is 0 Å². The maximum atomic E-state index is 12.3. The first-order valence-corrected chi connectivity index (χ1v) is 6.67. The Morgan fingerprint density at radius 1 is 1.39 bits per heavy atom. The molecule has 0 bridgehead atoms. The van der Waals surface area contributed by atoms with Gasteiger partial charge in [0, 0.05) is 19.6 Å². The number of piperazine rings is 1. The highest BCUT2D eigenvalue weighted by Gasteiger charge is 2.36. The summed E-state index contributed by atoms with van der Waals surface area (Å²) in [7, 11) is 0. The summed E-state index contributed by atoms with van der Waals surface area (Å²) >= 11 is 0. The molecular formula is C13H23N3O2. The zero-order chi connectivity index (χ0) is 13.3. The largest absolute Gasteiger partial charge is 0.353 e. The van der Waals surface area contributed by atoms with Crippen molar-refractivity contribution in [2.75, 3.05) is 26.2 Å². The SMILES string of the molecule is CC(C)(C)C1CCN(C(=O)C2CNC(=O)CN2)C1. The normalized spacial score (nSPS) is 29.3. The molecule has 0 aromatic carbocycles. The average Bonchev–Trinajstić information content (AvgIpc) is 2.78. The van der Waals surface area contributed by atoms with E-state index in [2.05, 4.69) is 31.4 Å². The van der Waals surface area contributed by atoms with E-state index in [1.165, 1.54) is 0 Å². The molecule has 2 aliphatic rings. The Hall–Kier alpha value is -1.10. The Bertz CT molecular complexity index is 339. The van der Waals surface area contributed by atoms with Gasteiger partial charge in [0.15, 0.2) is 0 Å². The minimum atomic E-state index is -0.249. The molecule has 2 saturated heterocycles. The number of likely N-dealkylation sites (tertiary alicyclic amines) is 1. The molecule has 2 fully saturated rings. The first-order valence-electron chi connectivity index (χ1n) is 6.67. The van der Waals surface area contributed by atoms with Crippen molar-refractivity contribution in [1.29, 1.82) is 0 Å². The Kier molecular flexibility index (Phi) is 3.61. The molecule has 2 atom stereocenters. The molecule has 0 spiro atoms. The number of hydrogen-bond acceptors (Lipinski definition) is 3. The first-order chi connectivity index (χ1) is 8.38. The van der Waals surface area contributed by atoms with Crippen LogP contribution in [0.3, 0.4) is 0 Å². The van der Waals surface area contributed by atoms with Crippen LogP contribution in [-0.2, 0) is 9.59 Å². The smallest absolute Gasteiger partial charge is 0.241 e. The molecule has 0 aliphatic carbocycles. The molecule has 2 N–H and O–H groups in total. The van der Waals surface area contributed by atoms with E-state index in [0.29, 0.717) is 12.5 Å². The van der Waals surface area contributed by atoms with Crippen LogP contribution in [0.1, 0.15) is 27.2 Å². The number of rotatable bonds is 1. The molecule has 0 aromatic rings. The second-order valence-corrected chi connectivity index (χ2v) is 6.37. The van der Waals surface area contributed by atoms with Crippen molar-refractivity contribution in [3.8, 4) is 0 Å². The van der Waals surface area contributed by atoms with Crippen LogP contribution in [0.25, 0.3) is 0 Å². The lowest BCUT2D eigenvalue weighted by atomic mass is 9.80. The molecule has 102 valence electrons. The molecule has 0 saturated carbocycles. The van der Waals surface area contributed by atoms with Crippen molar-refractivity contribution >= 4 is 11.8 Å². The third-order valence-electron chi connectivity index (χ3n) is 4.04. The second-order valence-electron chi connectivity index (χ2n) is 6.37. The Morgan fingerprint density at radius 2 is 2.11 bits per heavy atom. The van der Waals surface area contributed by atoms with Gasteiger partial charge in [0.05, 0.1) is 6.54 Å². The van der Waals surface area contributed by atoms with Crippen molar-refractivity contribution in [2.24, 2.45) is 11.3 Å². The number of carbonyl (C=O) groups excluding carboxylic acids is 2. The highest BCUT2D eigenvalue weighted by molar-refractivity contribution is 5.86. The molecule has 2 amide bonds. The molecular weight excluding hydrogens is 230 g/mol. The van der Waals surface area contributed by atoms with E-state index in [-0.39, 0.29) is 29.8 Å². The van der Waals surface area contributed by atoms with E-state index in [9.17, 15) is 9.59 Å². The van der Waals surface area contributed by atoms with Crippen LogP contribution < -0.4 is 10.6 Å². The summed E-state index contributed by atoms with van der Waals surface area (Å²) in [5, 5.41) is 5.72. The predicted molar refractivity (Wildman–Crippen MR) is 68.9 cm³/mol. The summed E-state index contributed by atoms with van der Waals surface area (Å²) in [5.41, 5.74) is 0.253. The van der Waals surface area contributed by atoms with Gasteiger partial charge in [-0.25, -0.2) is 0 Å². The number of amides is 2. The van der Waals surface area contributed by atoms with E-state index < -0.39 is 0 Å². The minimum absolute atomic E-state index is 0.0342. The standard InChI is InChI=1S/C13H23N3O2/c1-13(2,3)9-4-5-16(8-9)12(18)10-6-15-11(17)7-14-10/h9-10,14H,4-8H2,1-3H3,(H,15,17). The van der Waals surface area contributed by atoms with Crippen molar-refractivity contribution < 1.29 is 9.59 Å². The number of hydrogen-bond donors (Lipinski definition) is 2. The van der Waals surface area contributed by atoms with Gasteiger partial charge < -0.3 is 10.2 Å². The van der Waals surface area contributed by atoms with Crippen molar-refractivity contribution in [2.45, 2.75) is 33.2 Å². The van der Waals surface area contributed by atoms with Gasteiger partial charge in [-0.1, -0.05) is 20.8 Å². The maximum absolute atomic E-state index is 12.3. The third kappa shape index (κ3) is 2.83. The predicted octanol–water partition coefficient (Wildman–Crippen LogP) is -0.0310. The van der Waals surface area contributed by atoms with Gasteiger partial charge in [-0.15, -0.1) is 0 Å². The van der Waals surface area contributed by atoms with E-state index in [1.54, 1.807) is 0 Å². The Balaban J connectivity index is 1.89. The minimum Gasteiger partial charge on any atom is -0.353 e. The Morgan fingerprint density at radius 3 is 2.61 bits per heavy atom. The fourth-order valence-corrected chi connectivity index (χ4v) is 2.63. The zero-order valence-electron chi connectivity index (χ0n) is 11.5. The van der Waals surface area contributed by atoms with Crippen LogP contribution in [0.2, 0.25) is 0 Å². The molecule has 5 nitrogen and oxygen atoms in total. The van der Waals surface area contributed by atoms with Crippen LogP contribution in [0, 0.1) is 11.3 Å². The van der Waals surface area contributed by atoms with Crippen molar-refractivity contribution in [3.05, 3.63) is 0 Å². The summed E-state index contributed by atoms with van der Waals surface area (Å²) in [6.45, 7) is 9.02. The van der Waals surface area contributed by atoms with Crippen molar-refractivity contribution in [3.63, 3.8) is 0 Å². The van der Waals surface area contributed by atoms with Gasteiger partial charge in [-0.3, -0.25) is 14.9 Å². The summed E-state index contributed by atoms with van der Waals surface area (Å²) in [5.74, 6) is 0.662. The van der Waals surface area contributed by atoms with E-state index in [0.717, 1.165) is 19.5 Å². The molecule has 2 rings (SSSR count). The topological polar surface area (TPSA) is 61.4 Å². The number of nitrogens with one attached hydrogen (secondary N) is 2. The van der Waals surface area contributed by atoms with Gasteiger partial charge in [0.1, 0.15) is 6.04 Å². The summed E-state index contributed by atoms with van der Waals surface area (Å²) in [6.07, 6.45) is 1.08. The Labute approximate surface area is 108 Å². The van der Waals surface area contributed by atoms with Crippen molar-refractivity contribution in [1.82, 2.24) is 15.5 Å². The number of nitrogens with zero attached hydrogens (tertiary/aromatic N) is 1. The lowest BCUT2D eigenvalue weighted by molar-refractivity contribution is -0.134. The maximum Gasteiger partial charge on any atom is 0.241 e. The van der Waals surface area contributed by atoms with Crippen LogP contribution in [-0.4, -0.2) is 48.9 Å². The molecule has 2 unspecified atom stereocenters. The molecule has 0 radical (unpaired) electrons. The van der Waals surface area contributed by atoms with E-state index in [1.807, 2.05) is 4.90 Å². The number of carbonyl (C=O) groups is 2. The van der Waals surface area contributed by atoms with Gasteiger partial charge in [-0.2, -0.15) is 0 Å². The second kappa shape index (κ2) is 4.88. The average molecular weight is 253 g/mol. The fourth-order valence-electron chi connectivity index (χ4n) is 2.63. The molecule has 2 heterocycles. The van der Waals surface area contributed by atoms with Gasteiger partial charge in [0.2, 0.25) is 11.8 Å². The summed E-state index contributed by atoms with van der Waals surface area (Å²) in [6, 6.07) is -0.249. The first kappa shape index (κ1) is 13.3. The highest BCUT2D eigenvalue weighted by Crippen LogP contribution is 2.33. The van der Waals surface area contributed by atoms with Crippen LogP contribution in [0.15, 0.2) is 0 Å². The molecule has 5 heteroatoms. The van der Waals surface area contributed by atoms with Crippen LogP contribution >= 0.6 is 0 Å². The fraction of sp³-hybridized carbons (Fsp3) is 0.846. The quantitative estimate of drug-likeness (QED) is 0.690. The van der Waals surface area contributed by atoms with Crippen LogP contribution in [0.4, 0.5) is 0 Å². The zero-order valence-corrected chi connectivity index (χ0v) is 11.5. The molecule has 0 aromatic heterocycles. The lowest BCUT2D eigenvalue weighted by Crippen LogP contribution is -2.58. The van der Waals surface area contributed by atoms with Gasteiger partial charge in [0.25, 0.3) is 0 Å². The third-order valence-corrected chi connectivity index (χ3v) is 4.04. The lowest BCUT2D eigenvalue weighted by Gasteiger charge is -2.29. The monoisotopic (exact) mass is 253 g/mol. The van der Waals surface area contributed by atoms with Gasteiger partial charge in [-0.05, 0) is 17.8 Å². The highest BCUT2D eigenvalue weighted by atomic mass is 16.2. The van der Waals surface area contributed by atoms with E-state index >= 15 is 0 Å². The van der Waals surface area contributed by atoms with Gasteiger partial charge >= 0.3 is 0 Å². The molecule has 18 heavy (non-hydrogen) atoms. The summed E-state index contributed by atoms with van der Waals surface area (Å²) in [4.78, 5) is 25.3.